The molecule has 2 fully saturated rings. The van der Waals surface area contributed by atoms with Gasteiger partial charge in [-0.1, -0.05) is 6.07 Å². The molecule has 32 heavy (non-hydrogen) atoms. The first kappa shape index (κ1) is 23.5. The largest absolute Gasteiger partial charge is 0.484 e. The number of ether oxygens (including phenoxy) is 2. The number of piperidine rings is 1. The predicted molar refractivity (Wildman–Crippen MR) is 120 cm³/mol. The lowest BCUT2D eigenvalue weighted by atomic mass is 9.78. The molecule has 0 bridgehead atoms. The van der Waals surface area contributed by atoms with Crippen molar-refractivity contribution in [2.24, 2.45) is 0 Å². The topological polar surface area (TPSA) is 105 Å². The number of carbonyl (C=O) groups is 1. The monoisotopic (exact) mass is 466 g/mol. The van der Waals surface area contributed by atoms with Crippen LogP contribution >= 0.6 is 0 Å². The van der Waals surface area contributed by atoms with Crippen LogP contribution in [-0.4, -0.2) is 74.1 Å². The second-order valence-electron chi connectivity index (χ2n) is 9.78. The van der Waals surface area contributed by atoms with Gasteiger partial charge in [-0.2, -0.15) is 0 Å². The van der Waals surface area contributed by atoms with Crippen molar-refractivity contribution in [2.45, 2.75) is 69.1 Å². The quantitative estimate of drug-likeness (QED) is 0.680. The van der Waals surface area contributed by atoms with Gasteiger partial charge >= 0.3 is 0 Å². The van der Waals surface area contributed by atoms with Gasteiger partial charge in [0.15, 0.2) is 6.61 Å². The van der Waals surface area contributed by atoms with Gasteiger partial charge < -0.3 is 19.5 Å². The van der Waals surface area contributed by atoms with E-state index in [1.165, 1.54) is 24.0 Å². The molecule has 1 aromatic rings. The summed E-state index contributed by atoms with van der Waals surface area (Å²) in [6, 6.07) is 5.49. The third-order valence-corrected chi connectivity index (χ3v) is 7.78. The highest BCUT2D eigenvalue weighted by Gasteiger charge is 2.49. The first-order valence-electron chi connectivity index (χ1n) is 11.4. The summed E-state index contributed by atoms with van der Waals surface area (Å²) in [5.74, 6) is 0.672. The van der Waals surface area contributed by atoms with Crippen molar-refractivity contribution < 1.29 is 27.8 Å². The Labute approximate surface area is 190 Å². The number of sulfonamides is 1. The van der Waals surface area contributed by atoms with Crippen molar-refractivity contribution in [2.75, 3.05) is 32.6 Å². The number of fused-ring (bicyclic) bond motifs is 1. The van der Waals surface area contributed by atoms with Gasteiger partial charge in [0.25, 0.3) is 5.91 Å². The average molecular weight is 467 g/mol. The molecular formula is C23H34N2O6S. The summed E-state index contributed by atoms with van der Waals surface area (Å²) in [4.78, 5) is 14.5. The van der Waals surface area contributed by atoms with Crippen LogP contribution in [0.15, 0.2) is 18.2 Å². The number of rotatable bonds is 5. The van der Waals surface area contributed by atoms with Crippen LogP contribution in [0.25, 0.3) is 0 Å². The third kappa shape index (κ3) is 5.44. The maximum Gasteiger partial charge on any atom is 0.260 e. The van der Waals surface area contributed by atoms with Gasteiger partial charge in [0, 0.05) is 13.1 Å². The molecule has 178 valence electrons. The lowest BCUT2D eigenvalue weighted by Crippen LogP contribution is -2.64. The molecule has 0 unspecified atom stereocenters. The zero-order chi connectivity index (χ0) is 23.0. The number of hydrogen-bond acceptors (Lipinski definition) is 6. The van der Waals surface area contributed by atoms with E-state index >= 15 is 0 Å². The van der Waals surface area contributed by atoms with Gasteiger partial charge in [0.2, 0.25) is 10.0 Å². The summed E-state index contributed by atoms with van der Waals surface area (Å²) >= 11 is 0. The second kappa shape index (κ2) is 8.93. The van der Waals surface area contributed by atoms with Gasteiger partial charge in [-0.05, 0) is 75.1 Å². The number of nitrogens with zero attached hydrogens (tertiary/aromatic N) is 1. The van der Waals surface area contributed by atoms with Crippen molar-refractivity contribution in [1.82, 2.24) is 9.62 Å². The second-order valence-corrected chi connectivity index (χ2v) is 11.6. The third-order valence-electron chi connectivity index (χ3n) is 7.06. The number of amides is 1. The Morgan fingerprint density at radius 3 is 2.62 bits per heavy atom. The van der Waals surface area contributed by atoms with Crippen molar-refractivity contribution in [3.8, 4) is 5.75 Å². The number of likely N-dealkylation sites (tertiary alicyclic amines) is 1. The Balaban J connectivity index is 1.30. The Hall–Kier alpha value is -1.68. The zero-order valence-corrected chi connectivity index (χ0v) is 19.7. The van der Waals surface area contributed by atoms with Crippen LogP contribution in [0, 0.1) is 0 Å². The molecule has 8 nitrogen and oxygen atoms in total. The SMILES string of the molecule is C[C@]1(O)COC2(CCN(C(=O)COc3ccc4c(c3)CCCC4)CC2)C[C@@H]1NS(C)(=O)=O. The summed E-state index contributed by atoms with van der Waals surface area (Å²) in [7, 11) is -3.46. The molecule has 2 atom stereocenters. The molecule has 4 rings (SSSR count). The molecular weight excluding hydrogens is 432 g/mol. The van der Waals surface area contributed by atoms with Crippen LogP contribution in [0.3, 0.4) is 0 Å². The van der Waals surface area contributed by atoms with Crippen LogP contribution in [-0.2, 0) is 32.4 Å². The minimum atomic E-state index is -3.46. The maximum absolute atomic E-state index is 12.7. The smallest absolute Gasteiger partial charge is 0.260 e. The molecule has 2 aliphatic heterocycles. The summed E-state index contributed by atoms with van der Waals surface area (Å²) in [5.41, 5.74) is 0.889. The van der Waals surface area contributed by atoms with Crippen LogP contribution in [0.4, 0.5) is 0 Å². The van der Waals surface area contributed by atoms with E-state index in [1.54, 1.807) is 11.8 Å². The fourth-order valence-electron chi connectivity index (χ4n) is 5.03. The lowest BCUT2D eigenvalue weighted by Gasteiger charge is -2.50. The van der Waals surface area contributed by atoms with Gasteiger partial charge in [0.1, 0.15) is 11.4 Å². The summed E-state index contributed by atoms with van der Waals surface area (Å²) in [5, 5.41) is 10.6. The summed E-state index contributed by atoms with van der Waals surface area (Å²) < 4.78 is 37.8. The van der Waals surface area contributed by atoms with E-state index < -0.39 is 27.3 Å². The van der Waals surface area contributed by atoms with E-state index in [1.807, 2.05) is 6.07 Å². The van der Waals surface area contributed by atoms with E-state index in [9.17, 15) is 18.3 Å². The molecule has 1 spiro atoms. The first-order valence-corrected chi connectivity index (χ1v) is 13.3. The Morgan fingerprint density at radius 2 is 1.94 bits per heavy atom. The molecule has 1 amide bonds. The fourth-order valence-corrected chi connectivity index (χ4v) is 5.88. The predicted octanol–water partition coefficient (Wildman–Crippen LogP) is 1.39. The normalized spacial score (nSPS) is 27.7. The van der Waals surface area contributed by atoms with Crippen LogP contribution in [0.1, 0.15) is 50.2 Å². The van der Waals surface area contributed by atoms with Gasteiger partial charge in [-0.15, -0.1) is 0 Å². The van der Waals surface area contributed by atoms with Gasteiger partial charge in [0.05, 0.1) is 24.5 Å². The Morgan fingerprint density at radius 1 is 1.25 bits per heavy atom. The molecule has 3 aliphatic rings. The molecule has 1 aromatic carbocycles. The van der Waals surface area contributed by atoms with E-state index in [0.29, 0.717) is 32.4 Å². The van der Waals surface area contributed by atoms with Crippen LogP contribution < -0.4 is 9.46 Å². The average Bonchev–Trinajstić information content (AvgIpc) is 2.74. The number of aryl methyl sites for hydroxylation is 2. The number of hydrogen-bond donors (Lipinski definition) is 2. The van der Waals surface area contributed by atoms with Crippen molar-refractivity contribution in [3.05, 3.63) is 29.3 Å². The highest BCUT2D eigenvalue weighted by atomic mass is 32.2. The van der Waals surface area contributed by atoms with Crippen LogP contribution in [0.2, 0.25) is 0 Å². The van der Waals surface area contributed by atoms with E-state index in [2.05, 4.69) is 16.9 Å². The highest BCUT2D eigenvalue weighted by Crippen LogP contribution is 2.38. The zero-order valence-electron chi connectivity index (χ0n) is 18.9. The van der Waals surface area contributed by atoms with E-state index in [4.69, 9.17) is 9.47 Å². The summed E-state index contributed by atoms with van der Waals surface area (Å²) in [6.45, 7) is 2.66. The minimum absolute atomic E-state index is 0.000383. The minimum Gasteiger partial charge on any atom is -0.484 e. The highest BCUT2D eigenvalue weighted by molar-refractivity contribution is 7.88. The molecule has 9 heteroatoms. The van der Waals surface area contributed by atoms with E-state index in [-0.39, 0.29) is 19.1 Å². The standard InChI is InChI=1S/C23H34N2O6S/c1-22(27)16-31-23(14-20(22)24-32(2,28)29)9-11-25(12-10-23)21(26)15-30-19-8-7-17-5-3-4-6-18(17)13-19/h7-8,13,20,24,27H,3-6,9-12,14-16H2,1-2H3/t20-,22-/m0/s1. The van der Waals surface area contributed by atoms with Gasteiger partial charge in [-0.25, -0.2) is 13.1 Å². The number of benzene rings is 1. The molecule has 2 heterocycles. The molecule has 0 saturated carbocycles. The number of aliphatic hydroxyl groups is 1. The van der Waals surface area contributed by atoms with Crippen LogP contribution in [0.5, 0.6) is 5.75 Å². The molecule has 1 aliphatic carbocycles. The Kier molecular flexibility index (Phi) is 6.55. The fraction of sp³-hybridized carbons (Fsp3) is 0.696. The summed E-state index contributed by atoms with van der Waals surface area (Å²) in [6.07, 6.45) is 7.26. The molecule has 2 N–H and O–H groups in total. The van der Waals surface area contributed by atoms with Crippen molar-refractivity contribution >= 4 is 15.9 Å². The van der Waals surface area contributed by atoms with E-state index in [0.717, 1.165) is 24.8 Å². The van der Waals surface area contributed by atoms with Crippen molar-refractivity contribution in [1.29, 1.82) is 0 Å². The van der Waals surface area contributed by atoms with Gasteiger partial charge in [-0.3, -0.25) is 4.79 Å². The van der Waals surface area contributed by atoms with Crippen molar-refractivity contribution in [3.63, 3.8) is 0 Å². The molecule has 2 saturated heterocycles. The molecule has 0 radical (unpaired) electrons. The Bertz CT molecular complexity index is 953. The molecule has 0 aromatic heterocycles. The number of nitrogens with one attached hydrogen (secondary N) is 1. The lowest BCUT2D eigenvalue weighted by molar-refractivity contribution is -0.191. The number of carbonyl (C=O) groups excluding carboxylic acids is 1. The maximum atomic E-state index is 12.7. The first-order chi connectivity index (χ1) is 15.1.